The van der Waals surface area contributed by atoms with Gasteiger partial charge in [0.1, 0.15) is 6.54 Å². The Labute approximate surface area is 147 Å². The first-order chi connectivity index (χ1) is 12.5. The first-order valence-electron chi connectivity index (χ1n) is 7.94. The second-order valence-corrected chi connectivity index (χ2v) is 5.83. The minimum absolute atomic E-state index is 0.119. The van der Waals surface area contributed by atoms with Crippen LogP contribution in [0.25, 0.3) is 5.69 Å². The van der Waals surface area contributed by atoms with Crippen LogP contribution in [0.3, 0.4) is 0 Å². The highest BCUT2D eigenvalue weighted by atomic mass is 19.4. The number of rotatable bonds is 2. The van der Waals surface area contributed by atoms with Crippen molar-refractivity contribution in [1.29, 1.82) is 0 Å². The molecule has 0 saturated carbocycles. The topological polar surface area (TPSA) is 69.1 Å². The van der Waals surface area contributed by atoms with Gasteiger partial charge in [-0.3, -0.25) is 9.56 Å². The molecule has 5 nitrogen and oxygen atoms in total. The van der Waals surface area contributed by atoms with Crippen molar-refractivity contribution in [2.24, 2.45) is 10.7 Å². The third-order valence-electron chi connectivity index (χ3n) is 4.23. The Morgan fingerprint density at radius 3 is 2.50 bits per heavy atom. The molecular formula is C18H14F3N5. The maximum absolute atomic E-state index is 13.3. The zero-order chi connectivity index (χ0) is 18.3. The van der Waals surface area contributed by atoms with E-state index in [1.165, 1.54) is 6.07 Å². The molecule has 132 valence electrons. The molecular weight excluding hydrogens is 343 g/mol. The third kappa shape index (κ3) is 2.68. The van der Waals surface area contributed by atoms with E-state index >= 15 is 0 Å². The molecule has 2 aromatic carbocycles. The van der Waals surface area contributed by atoms with Crippen LogP contribution in [-0.2, 0) is 19.3 Å². The highest BCUT2D eigenvalue weighted by Gasteiger charge is 2.33. The van der Waals surface area contributed by atoms with E-state index in [9.17, 15) is 13.2 Å². The van der Waals surface area contributed by atoms with Crippen LogP contribution >= 0.6 is 0 Å². The lowest BCUT2D eigenvalue weighted by Gasteiger charge is -2.16. The molecule has 0 radical (unpaired) electrons. The minimum atomic E-state index is -4.45. The van der Waals surface area contributed by atoms with Gasteiger partial charge in [-0.25, -0.2) is 0 Å². The molecule has 2 heterocycles. The number of nitrogens with zero attached hydrogens (tertiary/aromatic N) is 4. The molecule has 3 aromatic rings. The van der Waals surface area contributed by atoms with Crippen LogP contribution < -0.4 is 5.73 Å². The Balaban J connectivity index is 2.00. The minimum Gasteiger partial charge on any atom is -0.324 e. The van der Waals surface area contributed by atoms with Crippen LogP contribution in [0.15, 0.2) is 53.5 Å². The maximum atomic E-state index is 13.3. The fourth-order valence-electron chi connectivity index (χ4n) is 3.04. The molecule has 8 heteroatoms. The van der Waals surface area contributed by atoms with Crippen molar-refractivity contribution in [2.75, 3.05) is 0 Å². The van der Waals surface area contributed by atoms with Crippen LogP contribution in [0, 0.1) is 0 Å². The summed E-state index contributed by atoms with van der Waals surface area (Å²) in [5.74, 6) is 1.02. The summed E-state index contributed by atoms with van der Waals surface area (Å²) in [4.78, 5) is 4.53. The number of alkyl halides is 3. The maximum Gasteiger partial charge on any atom is 0.416 e. The average Bonchev–Trinajstić information content (AvgIpc) is 2.97. The van der Waals surface area contributed by atoms with Crippen molar-refractivity contribution in [3.63, 3.8) is 0 Å². The van der Waals surface area contributed by atoms with Gasteiger partial charge < -0.3 is 5.73 Å². The van der Waals surface area contributed by atoms with Gasteiger partial charge >= 0.3 is 6.18 Å². The summed E-state index contributed by atoms with van der Waals surface area (Å²) in [6.45, 7) is 0.321. The van der Waals surface area contributed by atoms with Gasteiger partial charge in [-0.2, -0.15) is 13.2 Å². The highest BCUT2D eigenvalue weighted by molar-refractivity contribution is 6.15. The molecule has 1 aromatic heterocycles. The summed E-state index contributed by atoms with van der Waals surface area (Å²) >= 11 is 0. The van der Waals surface area contributed by atoms with Gasteiger partial charge in [-0.15, -0.1) is 10.2 Å². The third-order valence-corrected chi connectivity index (χ3v) is 4.23. The van der Waals surface area contributed by atoms with Gasteiger partial charge in [-0.1, -0.05) is 30.3 Å². The second-order valence-electron chi connectivity index (χ2n) is 5.83. The fourth-order valence-corrected chi connectivity index (χ4v) is 3.04. The van der Waals surface area contributed by atoms with Crippen molar-refractivity contribution in [2.45, 2.75) is 19.3 Å². The number of aromatic nitrogens is 3. The fraction of sp³-hybridized carbons (Fsp3) is 0.167. The molecule has 4 rings (SSSR count). The first kappa shape index (κ1) is 16.5. The molecule has 0 unspecified atom stereocenters. The second kappa shape index (κ2) is 6.06. The predicted octanol–water partition coefficient (Wildman–Crippen LogP) is 3.10. The number of hydrogen-bond donors (Lipinski definition) is 1. The van der Waals surface area contributed by atoms with E-state index in [1.54, 1.807) is 4.57 Å². The van der Waals surface area contributed by atoms with Crippen LogP contribution in [0.1, 0.15) is 28.3 Å². The molecule has 0 fully saturated rings. The standard InChI is InChI=1S/C18H14F3N5/c19-18(20,21)12-6-7-14-13(8-12)17(11-4-2-1-3-5-11)23-10-16-25-24-15(9-22)26(14)16/h1-8H,9-10,22H2. The normalized spacial score (nSPS) is 13.6. The summed E-state index contributed by atoms with van der Waals surface area (Å²) in [6.07, 6.45) is -4.45. The Hall–Kier alpha value is -3.00. The smallest absolute Gasteiger partial charge is 0.324 e. The SMILES string of the molecule is NCc1nnc2n1-c1ccc(C(F)(F)F)cc1C(c1ccccc1)=NC2. The molecule has 1 aliphatic rings. The number of nitrogens with two attached hydrogens (primary N) is 1. The zero-order valence-corrected chi connectivity index (χ0v) is 13.5. The highest BCUT2D eigenvalue weighted by Crippen LogP contribution is 2.34. The molecule has 0 saturated heterocycles. The van der Waals surface area contributed by atoms with E-state index in [4.69, 9.17) is 5.73 Å². The van der Waals surface area contributed by atoms with Crippen LogP contribution in [0.4, 0.5) is 13.2 Å². The Morgan fingerprint density at radius 1 is 1.04 bits per heavy atom. The number of halogens is 3. The van der Waals surface area contributed by atoms with E-state index in [-0.39, 0.29) is 13.1 Å². The first-order valence-corrected chi connectivity index (χ1v) is 7.94. The van der Waals surface area contributed by atoms with Crippen LogP contribution in [0.2, 0.25) is 0 Å². The number of benzene rings is 2. The number of fused-ring (bicyclic) bond motifs is 3. The number of hydrogen-bond acceptors (Lipinski definition) is 4. The van der Waals surface area contributed by atoms with E-state index in [0.717, 1.165) is 17.7 Å². The summed E-state index contributed by atoms with van der Waals surface area (Å²) in [5.41, 5.74) is 7.14. The van der Waals surface area contributed by atoms with E-state index in [1.807, 2.05) is 30.3 Å². The quantitative estimate of drug-likeness (QED) is 0.766. The van der Waals surface area contributed by atoms with Gasteiger partial charge in [0.05, 0.1) is 23.5 Å². The molecule has 0 aliphatic carbocycles. The van der Waals surface area contributed by atoms with Gasteiger partial charge in [0.15, 0.2) is 11.6 Å². The lowest BCUT2D eigenvalue weighted by molar-refractivity contribution is -0.137. The van der Waals surface area contributed by atoms with Crippen molar-refractivity contribution < 1.29 is 13.2 Å². The molecule has 0 spiro atoms. The Bertz CT molecular complexity index is 990. The lowest BCUT2D eigenvalue weighted by atomic mass is 9.98. The van der Waals surface area contributed by atoms with E-state index < -0.39 is 11.7 Å². The van der Waals surface area contributed by atoms with Crippen LogP contribution in [0.5, 0.6) is 0 Å². The van der Waals surface area contributed by atoms with Gasteiger partial charge in [0.2, 0.25) is 0 Å². The molecule has 2 N–H and O–H groups in total. The summed E-state index contributed by atoms with van der Waals surface area (Å²) < 4.78 is 41.5. The Morgan fingerprint density at radius 2 is 1.81 bits per heavy atom. The van der Waals surface area contributed by atoms with Gasteiger partial charge in [-0.05, 0) is 18.2 Å². The molecule has 0 bridgehead atoms. The van der Waals surface area contributed by atoms with Crippen LogP contribution in [-0.4, -0.2) is 20.5 Å². The molecule has 26 heavy (non-hydrogen) atoms. The number of aliphatic imine (C=N–C) groups is 1. The summed E-state index contributed by atoms with van der Waals surface area (Å²) in [5, 5.41) is 8.11. The largest absolute Gasteiger partial charge is 0.416 e. The van der Waals surface area contributed by atoms with E-state index in [2.05, 4.69) is 15.2 Å². The summed E-state index contributed by atoms with van der Waals surface area (Å²) in [7, 11) is 0. The van der Waals surface area contributed by atoms with Gasteiger partial charge in [0.25, 0.3) is 0 Å². The molecule has 0 atom stereocenters. The monoisotopic (exact) mass is 357 g/mol. The van der Waals surface area contributed by atoms with Crippen molar-refractivity contribution >= 4 is 5.71 Å². The average molecular weight is 357 g/mol. The van der Waals surface area contributed by atoms with E-state index in [0.29, 0.717) is 28.6 Å². The predicted molar refractivity (Wildman–Crippen MR) is 90.0 cm³/mol. The Kier molecular flexibility index (Phi) is 3.84. The lowest BCUT2D eigenvalue weighted by Crippen LogP contribution is -2.14. The summed E-state index contributed by atoms with van der Waals surface area (Å²) in [6, 6.07) is 12.7. The molecule has 0 amide bonds. The van der Waals surface area contributed by atoms with Crippen molar-refractivity contribution in [3.8, 4) is 5.69 Å². The zero-order valence-electron chi connectivity index (χ0n) is 13.5. The molecule has 1 aliphatic heterocycles. The van der Waals surface area contributed by atoms with Crippen molar-refractivity contribution in [3.05, 3.63) is 76.9 Å². The van der Waals surface area contributed by atoms with Crippen molar-refractivity contribution in [1.82, 2.24) is 14.8 Å². The van der Waals surface area contributed by atoms with Gasteiger partial charge in [0, 0.05) is 11.1 Å².